The van der Waals surface area contributed by atoms with Gasteiger partial charge in [0.2, 0.25) is 0 Å². The number of carbonyl (C=O) groups is 1. The van der Waals surface area contributed by atoms with Gasteiger partial charge in [0.25, 0.3) is 5.91 Å². The van der Waals surface area contributed by atoms with Crippen molar-refractivity contribution in [3.8, 4) is 0 Å². The van der Waals surface area contributed by atoms with Crippen LogP contribution in [0.1, 0.15) is 23.2 Å². The normalized spacial score (nSPS) is 25.8. The van der Waals surface area contributed by atoms with E-state index in [9.17, 15) is 4.79 Å². The van der Waals surface area contributed by atoms with Gasteiger partial charge < -0.3 is 10.1 Å². The second-order valence-electron chi connectivity index (χ2n) is 5.96. The van der Waals surface area contributed by atoms with Gasteiger partial charge in [0.1, 0.15) is 0 Å². The number of aromatic nitrogens is 1. The SMILES string of the molecule is O=C(N[C@H]1COC[C@@H]1N1CCCC1)c1ccc2ncsc2c1. The molecule has 3 heterocycles. The maximum Gasteiger partial charge on any atom is 0.251 e. The van der Waals surface area contributed by atoms with Crippen LogP contribution in [0.25, 0.3) is 10.2 Å². The van der Waals surface area contributed by atoms with Gasteiger partial charge in [0, 0.05) is 5.56 Å². The van der Waals surface area contributed by atoms with Crippen molar-refractivity contribution in [2.45, 2.75) is 24.9 Å². The lowest BCUT2D eigenvalue weighted by Crippen LogP contribution is -2.50. The van der Waals surface area contributed by atoms with Crippen LogP contribution in [0.15, 0.2) is 23.7 Å². The lowest BCUT2D eigenvalue weighted by atomic mass is 10.1. The highest BCUT2D eigenvalue weighted by Crippen LogP contribution is 2.21. The Kier molecular flexibility index (Phi) is 3.82. The molecule has 2 aliphatic heterocycles. The first-order chi connectivity index (χ1) is 10.8. The molecule has 1 aromatic heterocycles. The first-order valence-corrected chi connectivity index (χ1v) is 8.65. The quantitative estimate of drug-likeness (QED) is 0.939. The maximum atomic E-state index is 12.5. The molecule has 0 bridgehead atoms. The molecule has 0 unspecified atom stereocenters. The van der Waals surface area contributed by atoms with E-state index in [1.165, 1.54) is 12.8 Å². The van der Waals surface area contributed by atoms with E-state index >= 15 is 0 Å². The Balaban J connectivity index is 1.48. The molecule has 2 fully saturated rings. The van der Waals surface area contributed by atoms with Crippen LogP contribution >= 0.6 is 11.3 Å². The number of nitrogens with one attached hydrogen (secondary N) is 1. The van der Waals surface area contributed by atoms with Crippen molar-refractivity contribution in [3.05, 3.63) is 29.3 Å². The maximum absolute atomic E-state index is 12.5. The standard InChI is InChI=1S/C16H19N3O2S/c20-16(11-3-4-12-15(7-11)22-10-17-12)18-13-8-21-9-14(13)19-5-1-2-6-19/h3-4,7,10,13-14H,1-2,5-6,8-9H2,(H,18,20)/t13-,14-/m0/s1. The monoisotopic (exact) mass is 317 g/mol. The Labute approximate surface area is 133 Å². The van der Waals surface area contributed by atoms with Gasteiger partial charge in [-0.05, 0) is 44.1 Å². The first-order valence-electron chi connectivity index (χ1n) is 7.77. The molecule has 4 rings (SSSR count). The third-order valence-electron chi connectivity index (χ3n) is 4.57. The minimum Gasteiger partial charge on any atom is -0.378 e. The molecule has 0 radical (unpaired) electrons. The molecule has 22 heavy (non-hydrogen) atoms. The summed E-state index contributed by atoms with van der Waals surface area (Å²) in [5.74, 6) is -0.0185. The van der Waals surface area contributed by atoms with E-state index in [0.717, 1.165) is 29.9 Å². The van der Waals surface area contributed by atoms with E-state index in [4.69, 9.17) is 4.74 Å². The highest BCUT2D eigenvalue weighted by Gasteiger charge is 2.35. The number of hydrogen-bond donors (Lipinski definition) is 1. The number of ether oxygens (including phenoxy) is 1. The first kappa shape index (κ1) is 14.1. The Morgan fingerprint density at radius 1 is 1.32 bits per heavy atom. The van der Waals surface area contributed by atoms with Crippen LogP contribution in [0.2, 0.25) is 0 Å². The van der Waals surface area contributed by atoms with E-state index in [-0.39, 0.29) is 11.9 Å². The fraction of sp³-hybridized carbons (Fsp3) is 0.500. The third-order valence-corrected chi connectivity index (χ3v) is 5.36. The van der Waals surface area contributed by atoms with Gasteiger partial charge in [-0.3, -0.25) is 9.69 Å². The number of fused-ring (bicyclic) bond motifs is 1. The smallest absolute Gasteiger partial charge is 0.251 e. The summed E-state index contributed by atoms with van der Waals surface area (Å²) < 4.78 is 6.66. The molecule has 0 aliphatic carbocycles. The lowest BCUT2D eigenvalue weighted by molar-refractivity contribution is 0.0917. The largest absolute Gasteiger partial charge is 0.378 e. The molecule has 1 amide bonds. The zero-order chi connectivity index (χ0) is 14.9. The average molecular weight is 317 g/mol. The van der Waals surface area contributed by atoms with Crippen LogP contribution in [0.5, 0.6) is 0 Å². The van der Waals surface area contributed by atoms with Crippen molar-refractivity contribution < 1.29 is 9.53 Å². The van der Waals surface area contributed by atoms with E-state index in [2.05, 4.69) is 15.2 Å². The Morgan fingerprint density at radius 2 is 2.18 bits per heavy atom. The highest BCUT2D eigenvalue weighted by atomic mass is 32.1. The lowest BCUT2D eigenvalue weighted by Gasteiger charge is -2.27. The number of thiazole rings is 1. The third kappa shape index (κ3) is 2.62. The van der Waals surface area contributed by atoms with Gasteiger partial charge in [-0.15, -0.1) is 11.3 Å². The number of carbonyl (C=O) groups excluding carboxylic acids is 1. The van der Waals surface area contributed by atoms with Gasteiger partial charge in [0.05, 0.1) is 41.0 Å². The summed E-state index contributed by atoms with van der Waals surface area (Å²) in [6, 6.07) is 6.08. The van der Waals surface area contributed by atoms with E-state index in [1.54, 1.807) is 16.8 Å². The van der Waals surface area contributed by atoms with Gasteiger partial charge >= 0.3 is 0 Å². The van der Waals surface area contributed by atoms with Gasteiger partial charge in [0.15, 0.2) is 0 Å². The molecule has 2 atom stereocenters. The Morgan fingerprint density at radius 3 is 3.05 bits per heavy atom. The second kappa shape index (κ2) is 5.95. The van der Waals surface area contributed by atoms with Gasteiger partial charge in [-0.25, -0.2) is 4.98 Å². The van der Waals surface area contributed by atoms with Crippen molar-refractivity contribution in [1.29, 1.82) is 0 Å². The van der Waals surface area contributed by atoms with E-state index in [0.29, 0.717) is 18.2 Å². The fourth-order valence-electron chi connectivity index (χ4n) is 3.36. The van der Waals surface area contributed by atoms with Crippen LogP contribution < -0.4 is 5.32 Å². The molecule has 1 N–H and O–H groups in total. The molecular weight excluding hydrogens is 298 g/mol. The minimum atomic E-state index is -0.0185. The molecule has 2 saturated heterocycles. The van der Waals surface area contributed by atoms with Crippen molar-refractivity contribution in [2.24, 2.45) is 0 Å². The van der Waals surface area contributed by atoms with Crippen LogP contribution in [-0.2, 0) is 4.74 Å². The summed E-state index contributed by atoms with van der Waals surface area (Å²) >= 11 is 1.56. The number of nitrogens with zero attached hydrogens (tertiary/aromatic N) is 2. The number of benzene rings is 1. The zero-order valence-corrected chi connectivity index (χ0v) is 13.1. The number of amides is 1. The van der Waals surface area contributed by atoms with Crippen LogP contribution in [-0.4, -0.2) is 54.2 Å². The average Bonchev–Trinajstić information content (AvgIpc) is 3.27. The minimum absolute atomic E-state index is 0.0185. The predicted octanol–water partition coefficient (Wildman–Crippen LogP) is 1.89. The molecule has 0 saturated carbocycles. The number of rotatable bonds is 3. The molecule has 116 valence electrons. The summed E-state index contributed by atoms with van der Waals surface area (Å²) in [5.41, 5.74) is 3.45. The van der Waals surface area contributed by atoms with Crippen molar-refractivity contribution >= 4 is 27.5 Å². The van der Waals surface area contributed by atoms with Crippen LogP contribution in [0.3, 0.4) is 0 Å². The zero-order valence-electron chi connectivity index (χ0n) is 12.3. The summed E-state index contributed by atoms with van der Waals surface area (Å²) in [6.45, 7) is 3.56. The van der Waals surface area contributed by atoms with Gasteiger partial charge in [-0.1, -0.05) is 0 Å². The molecule has 0 spiro atoms. The molecular formula is C16H19N3O2S. The second-order valence-corrected chi connectivity index (χ2v) is 6.85. The van der Waals surface area contributed by atoms with Gasteiger partial charge in [-0.2, -0.15) is 0 Å². The van der Waals surface area contributed by atoms with Crippen LogP contribution in [0, 0.1) is 0 Å². The Bertz CT molecular complexity index is 681. The molecule has 6 heteroatoms. The molecule has 2 aliphatic rings. The molecule has 2 aromatic rings. The molecule has 5 nitrogen and oxygen atoms in total. The topological polar surface area (TPSA) is 54.5 Å². The van der Waals surface area contributed by atoms with Crippen molar-refractivity contribution in [2.75, 3.05) is 26.3 Å². The Hall–Kier alpha value is -1.50. The highest BCUT2D eigenvalue weighted by molar-refractivity contribution is 7.16. The van der Waals surface area contributed by atoms with Crippen molar-refractivity contribution in [1.82, 2.24) is 15.2 Å². The summed E-state index contributed by atoms with van der Waals surface area (Å²) in [7, 11) is 0. The van der Waals surface area contributed by atoms with E-state index < -0.39 is 0 Å². The van der Waals surface area contributed by atoms with E-state index in [1.807, 2.05) is 18.2 Å². The summed E-state index contributed by atoms with van der Waals surface area (Å²) in [5, 5.41) is 3.16. The predicted molar refractivity (Wildman–Crippen MR) is 86.3 cm³/mol. The summed E-state index contributed by atoms with van der Waals surface area (Å²) in [6.07, 6.45) is 2.50. The fourth-order valence-corrected chi connectivity index (χ4v) is 4.08. The number of hydrogen-bond acceptors (Lipinski definition) is 5. The summed E-state index contributed by atoms with van der Waals surface area (Å²) in [4.78, 5) is 19.2. The number of likely N-dealkylation sites (tertiary alicyclic amines) is 1. The molecule has 1 aromatic carbocycles. The van der Waals surface area contributed by atoms with Crippen molar-refractivity contribution in [3.63, 3.8) is 0 Å². The van der Waals surface area contributed by atoms with Crippen LogP contribution in [0.4, 0.5) is 0 Å².